The third kappa shape index (κ3) is 2.60. The van der Waals surface area contributed by atoms with Crippen LogP contribution in [0.3, 0.4) is 0 Å². The molecule has 1 heterocycles. The maximum absolute atomic E-state index is 12.9. The molecule has 2 aromatic rings. The van der Waals surface area contributed by atoms with Gasteiger partial charge < -0.3 is 10.2 Å². The van der Waals surface area contributed by atoms with Crippen molar-refractivity contribution < 1.29 is 4.79 Å². The van der Waals surface area contributed by atoms with Gasteiger partial charge in [0, 0.05) is 47.7 Å². The maximum Gasteiger partial charge on any atom is 0.189 e. The maximum atomic E-state index is 12.9. The van der Waals surface area contributed by atoms with E-state index in [9.17, 15) is 4.79 Å². The highest BCUT2D eigenvalue weighted by Crippen LogP contribution is 2.46. The van der Waals surface area contributed by atoms with Crippen LogP contribution in [-0.2, 0) is 5.41 Å². The smallest absolute Gasteiger partial charge is 0.189 e. The molecule has 0 spiro atoms. The molecule has 1 aliphatic rings. The number of ketones is 1. The van der Waals surface area contributed by atoms with Crippen molar-refractivity contribution >= 4 is 17.2 Å². The first-order valence-corrected chi connectivity index (χ1v) is 8.39. The molecular formula is C21H24N2O. The summed E-state index contributed by atoms with van der Waals surface area (Å²) >= 11 is 0. The number of anilines is 2. The largest absolute Gasteiger partial charge is 0.385 e. The second-order valence-corrected chi connectivity index (χ2v) is 6.67. The van der Waals surface area contributed by atoms with E-state index in [0.29, 0.717) is 5.56 Å². The lowest BCUT2D eigenvalue weighted by Gasteiger charge is -2.24. The minimum atomic E-state index is -0.186. The molecule has 0 aromatic heterocycles. The molecule has 24 heavy (non-hydrogen) atoms. The van der Waals surface area contributed by atoms with Gasteiger partial charge >= 0.3 is 0 Å². The quantitative estimate of drug-likeness (QED) is 0.659. The SMILES string of the molecule is CCNc1ccccc1C(=O)/C=C1\N(C)c2ccccc2C1(C)C. The normalized spacial score (nSPS) is 17.0. The van der Waals surface area contributed by atoms with Gasteiger partial charge in [-0.2, -0.15) is 0 Å². The summed E-state index contributed by atoms with van der Waals surface area (Å²) in [5, 5.41) is 3.27. The van der Waals surface area contributed by atoms with Gasteiger partial charge in [0.1, 0.15) is 0 Å². The zero-order valence-electron chi connectivity index (χ0n) is 14.8. The van der Waals surface area contributed by atoms with Crippen LogP contribution in [0.1, 0.15) is 36.7 Å². The second-order valence-electron chi connectivity index (χ2n) is 6.67. The van der Waals surface area contributed by atoms with Crippen molar-refractivity contribution in [3.63, 3.8) is 0 Å². The lowest BCUT2D eigenvalue weighted by Crippen LogP contribution is -2.24. The molecule has 1 aliphatic heterocycles. The van der Waals surface area contributed by atoms with Crippen LogP contribution in [0.4, 0.5) is 11.4 Å². The van der Waals surface area contributed by atoms with Crippen molar-refractivity contribution in [3.05, 3.63) is 71.4 Å². The number of allylic oxidation sites excluding steroid dienone is 2. The first-order chi connectivity index (χ1) is 11.5. The Morgan fingerprint density at radius 3 is 2.50 bits per heavy atom. The number of fused-ring (bicyclic) bond motifs is 1. The van der Waals surface area contributed by atoms with Crippen LogP contribution in [0, 0.1) is 0 Å². The van der Waals surface area contributed by atoms with E-state index in [-0.39, 0.29) is 11.2 Å². The minimum Gasteiger partial charge on any atom is -0.385 e. The summed E-state index contributed by atoms with van der Waals surface area (Å²) in [5.41, 5.74) is 4.87. The standard InChI is InChI=1S/C21H24N2O/c1-5-22-17-12-8-6-10-15(17)19(24)14-20-21(2,3)16-11-7-9-13-18(16)23(20)4/h6-14,22H,5H2,1-4H3/b20-14-. The summed E-state index contributed by atoms with van der Waals surface area (Å²) in [5.74, 6) is 0.0364. The predicted octanol–water partition coefficient (Wildman–Crippen LogP) is 4.61. The Hall–Kier alpha value is -2.55. The molecule has 3 heteroatoms. The van der Waals surface area contributed by atoms with Crippen LogP contribution in [0.2, 0.25) is 0 Å². The highest BCUT2D eigenvalue weighted by Gasteiger charge is 2.38. The number of hydrogen-bond acceptors (Lipinski definition) is 3. The summed E-state index contributed by atoms with van der Waals surface area (Å²) in [4.78, 5) is 15.1. The third-order valence-electron chi connectivity index (χ3n) is 4.77. The van der Waals surface area contributed by atoms with Gasteiger partial charge in [-0.25, -0.2) is 0 Å². The summed E-state index contributed by atoms with van der Waals surface area (Å²) in [6.45, 7) is 7.16. The van der Waals surface area contributed by atoms with E-state index in [0.717, 1.165) is 17.9 Å². The van der Waals surface area contributed by atoms with Gasteiger partial charge in [-0.05, 0) is 30.7 Å². The van der Waals surface area contributed by atoms with Gasteiger partial charge in [0.2, 0.25) is 0 Å². The average Bonchev–Trinajstić information content (AvgIpc) is 2.77. The van der Waals surface area contributed by atoms with Crippen molar-refractivity contribution in [1.29, 1.82) is 0 Å². The molecule has 3 rings (SSSR count). The molecule has 124 valence electrons. The zero-order valence-corrected chi connectivity index (χ0v) is 14.8. The van der Waals surface area contributed by atoms with E-state index in [1.807, 2.05) is 44.3 Å². The second kappa shape index (κ2) is 6.16. The Kier molecular flexibility index (Phi) is 4.18. The molecule has 0 amide bonds. The molecule has 0 radical (unpaired) electrons. The predicted molar refractivity (Wildman–Crippen MR) is 101 cm³/mol. The van der Waals surface area contributed by atoms with Gasteiger partial charge in [0.15, 0.2) is 5.78 Å². The Morgan fingerprint density at radius 2 is 1.79 bits per heavy atom. The van der Waals surface area contributed by atoms with E-state index >= 15 is 0 Å². The molecule has 0 aliphatic carbocycles. The lowest BCUT2D eigenvalue weighted by molar-refractivity contribution is 0.104. The number of benzene rings is 2. The molecule has 0 atom stereocenters. The Labute approximate surface area is 144 Å². The highest BCUT2D eigenvalue weighted by atomic mass is 16.1. The Morgan fingerprint density at radius 1 is 1.12 bits per heavy atom. The van der Waals surface area contributed by atoms with Crippen molar-refractivity contribution in [2.45, 2.75) is 26.2 Å². The summed E-state index contributed by atoms with van der Waals surface area (Å²) in [6, 6.07) is 16.0. The van der Waals surface area contributed by atoms with E-state index in [1.54, 1.807) is 6.08 Å². The molecule has 0 fully saturated rings. The van der Waals surface area contributed by atoms with Gasteiger partial charge in [-0.15, -0.1) is 0 Å². The summed E-state index contributed by atoms with van der Waals surface area (Å²) in [7, 11) is 2.03. The fourth-order valence-electron chi connectivity index (χ4n) is 3.50. The van der Waals surface area contributed by atoms with Crippen molar-refractivity contribution in [1.82, 2.24) is 0 Å². The highest BCUT2D eigenvalue weighted by molar-refractivity contribution is 6.09. The number of carbonyl (C=O) groups is 1. The minimum absolute atomic E-state index is 0.0364. The number of para-hydroxylation sites is 2. The number of nitrogens with zero attached hydrogens (tertiary/aromatic N) is 1. The van der Waals surface area contributed by atoms with Crippen LogP contribution in [-0.4, -0.2) is 19.4 Å². The van der Waals surface area contributed by atoms with Crippen LogP contribution >= 0.6 is 0 Å². The van der Waals surface area contributed by atoms with Crippen LogP contribution in [0.5, 0.6) is 0 Å². The number of carbonyl (C=O) groups excluding carboxylic acids is 1. The molecule has 2 aromatic carbocycles. The number of rotatable bonds is 4. The molecular weight excluding hydrogens is 296 g/mol. The van der Waals surface area contributed by atoms with Gasteiger partial charge in [0.05, 0.1) is 0 Å². The van der Waals surface area contributed by atoms with Crippen molar-refractivity contribution in [3.8, 4) is 0 Å². The fraction of sp³-hybridized carbons (Fsp3) is 0.286. The summed E-state index contributed by atoms with van der Waals surface area (Å²) < 4.78 is 0. The zero-order chi connectivity index (χ0) is 17.3. The van der Waals surface area contributed by atoms with Crippen molar-refractivity contribution in [2.75, 3.05) is 23.8 Å². The average molecular weight is 320 g/mol. The van der Waals surface area contributed by atoms with E-state index < -0.39 is 0 Å². The van der Waals surface area contributed by atoms with Crippen LogP contribution in [0.25, 0.3) is 0 Å². The van der Waals surface area contributed by atoms with Crippen LogP contribution < -0.4 is 10.2 Å². The van der Waals surface area contributed by atoms with E-state index in [4.69, 9.17) is 0 Å². The van der Waals surface area contributed by atoms with E-state index in [2.05, 4.69) is 42.3 Å². The topological polar surface area (TPSA) is 32.3 Å². The lowest BCUT2D eigenvalue weighted by atomic mass is 9.83. The molecule has 3 nitrogen and oxygen atoms in total. The van der Waals surface area contributed by atoms with Gasteiger partial charge in [0.25, 0.3) is 0 Å². The van der Waals surface area contributed by atoms with E-state index in [1.165, 1.54) is 11.3 Å². The fourth-order valence-corrected chi connectivity index (χ4v) is 3.50. The number of likely N-dealkylation sites (N-methyl/N-ethyl adjacent to an activating group) is 1. The number of nitrogens with one attached hydrogen (secondary N) is 1. The molecule has 0 bridgehead atoms. The summed E-state index contributed by atoms with van der Waals surface area (Å²) in [6.07, 6.45) is 1.79. The molecule has 0 unspecified atom stereocenters. The van der Waals surface area contributed by atoms with Crippen LogP contribution in [0.15, 0.2) is 60.3 Å². The Bertz CT molecular complexity index is 805. The van der Waals surface area contributed by atoms with Gasteiger partial charge in [-0.1, -0.05) is 44.2 Å². The monoisotopic (exact) mass is 320 g/mol. The third-order valence-corrected chi connectivity index (χ3v) is 4.77. The molecule has 1 N–H and O–H groups in total. The van der Waals surface area contributed by atoms with Crippen molar-refractivity contribution in [2.24, 2.45) is 0 Å². The Balaban J connectivity index is 2.02. The van der Waals surface area contributed by atoms with Gasteiger partial charge in [-0.3, -0.25) is 4.79 Å². The molecule has 0 saturated heterocycles. The first-order valence-electron chi connectivity index (χ1n) is 8.39. The molecule has 0 saturated carbocycles. The first kappa shape index (κ1) is 16.3. The number of hydrogen-bond donors (Lipinski definition) is 1.